The Hall–Kier alpha value is -2.41. The van der Waals surface area contributed by atoms with Crippen molar-refractivity contribution in [3.63, 3.8) is 0 Å². The molecule has 2 heterocycles. The smallest absolute Gasteiger partial charge is 0.339 e. The average Bonchev–Trinajstić information content (AvgIpc) is 2.77. The van der Waals surface area contributed by atoms with E-state index >= 15 is 0 Å². The SMILES string of the molecule is CCc1c(C)sc(NC(=O)c2cccn(C)c2=O)c1C(=O)O. The molecule has 0 saturated carbocycles. The summed E-state index contributed by atoms with van der Waals surface area (Å²) >= 11 is 1.21. The molecule has 2 aromatic rings. The molecule has 2 aromatic heterocycles. The standard InChI is InChI=1S/C15H16N2O4S/c1-4-9-8(2)22-13(11(9)15(20)21)16-12(18)10-6-5-7-17(3)14(10)19/h5-7H,4H2,1-3H3,(H,16,18)(H,20,21). The lowest BCUT2D eigenvalue weighted by molar-refractivity contribution is 0.0697. The molecule has 1 amide bonds. The molecule has 0 aliphatic heterocycles. The molecule has 7 heteroatoms. The van der Waals surface area contributed by atoms with Gasteiger partial charge in [0.05, 0.1) is 5.56 Å². The lowest BCUT2D eigenvalue weighted by Gasteiger charge is -2.06. The molecule has 0 unspecified atom stereocenters. The third-order valence-electron chi connectivity index (χ3n) is 3.37. The first kappa shape index (κ1) is 16.0. The first-order valence-electron chi connectivity index (χ1n) is 6.69. The molecule has 116 valence electrons. The summed E-state index contributed by atoms with van der Waals surface area (Å²) in [5, 5.41) is 12.2. The summed E-state index contributed by atoms with van der Waals surface area (Å²) < 4.78 is 1.30. The maximum absolute atomic E-state index is 12.3. The monoisotopic (exact) mass is 320 g/mol. The summed E-state index contributed by atoms with van der Waals surface area (Å²) in [6, 6.07) is 3.00. The highest BCUT2D eigenvalue weighted by Gasteiger charge is 2.23. The number of carboxylic acid groups (broad SMARTS) is 1. The van der Waals surface area contributed by atoms with E-state index in [0.717, 1.165) is 4.88 Å². The van der Waals surface area contributed by atoms with E-state index in [1.165, 1.54) is 22.0 Å². The molecule has 0 aromatic carbocycles. The van der Waals surface area contributed by atoms with Crippen LogP contribution in [0.15, 0.2) is 23.1 Å². The van der Waals surface area contributed by atoms with Crippen LogP contribution >= 0.6 is 11.3 Å². The lowest BCUT2D eigenvalue weighted by Crippen LogP contribution is -2.27. The van der Waals surface area contributed by atoms with Crippen molar-refractivity contribution in [2.45, 2.75) is 20.3 Å². The van der Waals surface area contributed by atoms with Crippen LogP contribution in [-0.4, -0.2) is 21.6 Å². The first-order valence-corrected chi connectivity index (χ1v) is 7.51. The number of amides is 1. The summed E-state index contributed by atoms with van der Waals surface area (Å²) in [6.45, 7) is 3.67. The van der Waals surface area contributed by atoms with Crippen molar-refractivity contribution in [2.75, 3.05) is 5.32 Å². The lowest BCUT2D eigenvalue weighted by atomic mass is 10.1. The highest BCUT2D eigenvalue weighted by Crippen LogP contribution is 2.33. The largest absolute Gasteiger partial charge is 0.478 e. The van der Waals surface area contributed by atoms with Crippen LogP contribution in [-0.2, 0) is 13.5 Å². The number of carbonyl (C=O) groups is 2. The molecular weight excluding hydrogens is 304 g/mol. The van der Waals surface area contributed by atoms with E-state index in [0.29, 0.717) is 12.0 Å². The van der Waals surface area contributed by atoms with Gasteiger partial charge >= 0.3 is 5.97 Å². The molecule has 0 atom stereocenters. The van der Waals surface area contributed by atoms with Crippen molar-refractivity contribution in [3.8, 4) is 0 Å². The topological polar surface area (TPSA) is 88.4 Å². The van der Waals surface area contributed by atoms with Crippen molar-refractivity contribution in [1.82, 2.24) is 4.57 Å². The number of nitrogens with zero attached hydrogens (tertiary/aromatic N) is 1. The van der Waals surface area contributed by atoms with E-state index in [1.807, 2.05) is 13.8 Å². The van der Waals surface area contributed by atoms with Gasteiger partial charge in [0.1, 0.15) is 10.6 Å². The van der Waals surface area contributed by atoms with Gasteiger partial charge in [-0.2, -0.15) is 0 Å². The Morgan fingerprint density at radius 1 is 1.41 bits per heavy atom. The van der Waals surface area contributed by atoms with Crippen LogP contribution in [0.2, 0.25) is 0 Å². The Labute approximate surface area is 131 Å². The van der Waals surface area contributed by atoms with Gasteiger partial charge in [-0.25, -0.2) is 4.79 Å². The molecule has 2 N–H and O–H groups in total. The Kier molecular flexibility index (Phi) is 4.46. The van der Waals surface area contributed by atoms with Crippen LogP contribution in [0.1, 0.15) is 38.1 Å². The second kappa shape index (κ2) is 6.15. The molecule has 6 nitrogen and oxygen atoms in total. The fourth-order valence-corrected chi connectivity index (χ4v) is 3.39. The highest BCUT2D eigenvalue weighted by atomic mass is 32.1. The Morgan fingerprint density at radius 3 is 2.68 bits per heavy atom. The van der Waals surface area contributed by atoms with E-state index < -0.39 is 17.4 Å². The zero-order valence-electron chi connectivity index (χ0n) is 12.5. The van der Waals surface area contributed by atoms with Gasteiger partial charge in [-0.1, -0.05) is 6.92 Å². The third kappa shape index (κ3) is 2.80. The fourth-order valence-electron chi connectivity index (χ4n) is 2.26. The number of aromatic nitrogens is 1. The van der Waals surface area contributed by atoms with Crippen molar-refractivity contribution in [1.29, 1.82) is 0 Å². The fraction of sp³-hybridized carbons (Fsp3) is 0.267. The summed E-state index contributed by atoms with van der Waals surface area (Å²) in [7, 11) is 1.55. The number of rotatable bonds is 4. The third-order valence-corrected chi connectivity index (χ3v) is 4.43. The normalized spacial score (nSPS) is 10.5. The average molecular weight is 320 g/mol. The number of aromatic carboxylic acids is 1. The highest BCUT2D eigenvalue weighted by molar-refractivity contribution is 7.16. The maximum atomic E-state index is 12.3. The molecule has 0 aliphatic carbocycles. The molecule has 22 heavy (non-hydrogen) atoms. The number of hydrogen-bond donors (Lipinski definition) is 2. The number of thiophene rings is 1. The van der Waals surface area contributed by atoms with Gasteiger partial charge in [0, 0.05) is 18.1 Å². The summed E-state index contributed by atoms with van der Waals surface area (Å²) in [5.41, 5.74) is 0.353. The van der Waals surface area contributed by atoms with Crippen molar-refractivity contribution < 1.29 is 14.7 Å². The number of aryl methyl sites for hydroxylation is 2. The number of anilines is 1. The minimum atomic E-state index is -1.09. The number of nitrogens with one attached hydrogen (secondary N) is 1. The Balaban J connectivity index is 2.43. The quantitative estimate of drug-likeness (QED) is 0.904. The maximum Gasteiger partial charge on any atom is 0.339 e. The van der Waals surface area contributed by atoms with Crippen LogP contribution in [0.5, 0.6) is 0 Å². The molecule has 0 radical (unpaired) electrons. The molecular formula is C15H16N2O4S. The zero-order chi connectivity index (χ0) is 16.4. The van der Waals surface area contributed by atoms with Gasteiger partial charge in [-0.3, -0.25) is 9.59 Å². The minimum Gasteiger partial charge on any atom is -0.478 e. The predicted molar refractivity (Wildman–Crippen MR) is 85.0 cm³/mol. The van der Waals surface area contributed by atoms with Gasteiger partial charge in [-0.05, 0) is 31.0 Å². The number of carboxylic acids is 1. The van der Waals surface area contributed by atoms with E-state index in [1.54, 1.807) is 19.3 Å². The number of hydrogen-bond acceptors (Lipinski definition) is 4. The molecule has 0 saturated heterocycles. The summed E-state index contributed by atoms with van der Waals surface area (Å²) in [5.74, 6) is -1.69. The first-order chi connectivity index (χ1) is 10.4. The Bertz CT molecular complexity index is 804. The van der Waals surface area contributed by atoms with Crippen LogP contribution in [0.25, 0.3) is 0 Å². The van der Waals surface area contributed by atoms with Crippen molar-refractivity contribution >= 4 is 28.2 Å². The zero-order valence-corrected chi connectivity index (χ0v) is 13.3. The number of pyridine rings is 1. The molecule has 0 spiro atoms. The van der Waals surface area contributed by atoms with E-state index in [2.05, 4.69) is 5.32 Å². The van der Waals surface area contributed by atoms with E-state index in [9.17, 15) is 19.5 Å². The van der Waals surface area contributed by atoms with E-state index in [4.69, 9.17) is 0 Å². The van der Waals surface area contributed by atoms with Gasteiger partial charge in [0.25, 0.3) is 11.5 Å². The summed E-state index contributed by atoms with van der Waals surface area (Å²) in [6.07, 6.45) is 2.11. The minimum absolute atomic E-state index is 0.0227. The number of carbonyl (C=O) groups excluding carboxylic acids is 1. The van der Waals surface area contributed by atoms with Crippen LogP contribution in [0, 0.1) is 6.92 Å². The predicted octanol–water partition coefficient (Wildman–Crippen LogP) is 2.27. The van der Waals surface area contributed by atoms with Gasteiger partial charge < -0.3 is 15.0 Å². The molecule has 2 rings (SSSR count). The van der Waals surface area contributed by atoms with Crippen molar-refractivity contribution in [3.05, 3.63) is 50.3 Å². The van der Waals surface area contributed by atoms with Gasteiger partial charge in [0.2, 0.25) is 0 Å². The van der Waals surface area contributed by atoms with Gasteiger partial charge in [0.15, 0.2) is 0 Å². The second-order valence-electron chi connectivity index (χ2n) is 4.79. The van der Waals surface area contributed by atoms with Crippen LogP contribution < -0.4 is 10.9 Å². The molecule has 0 aliphatic rings. The van der Waals surface area contributed by atoms with Gasteiger partial charge in [-0.15, -0.1) is 11.3 Å². The Morgan fingerprint density at radius 2 is 2.09 bits per heavy atom. The molecule has 0 fully saturated rings. The van der Waals surface area contributed by atoms with E-state index in [-0.39, 0.29) is 16.1 Å². The van der Waals surface area contributed by atoms with Crippen LogP contribution in [0.3, 0.4) is 0 Å². The molecule has 0 bridgehead atoms. The second-order valence-corrected chi connectivity index (χ2v) is 6.02. The van der Waals surface area contributed by atoms with Crippen LogP contribution in [0.4, 0.5) is 5.00 Å². The van der Waals surface area contributed by atoms with Crippen molar-refractivity contribution in [2.24, 2.45) is 7.05 Å². The summed E-state index contributed by atoms with van der Waals surface area (Å²) in [4.78, 5) is 36.5.